The Morgan fingerprint density at radius 1 is 1.20 bits per heavy atom. The number of hydrogen-bond donors (Lipinski definition) is 0. The average molecular weight is 203 g/mol. The first-order valence-corrected chi connectivity index (χ1v) is 4.97. The Balaban J connectivity index is 2.88. The second-order valence-electron chi connectivity index (χ2n) is 3.94. The highest BCUT2D eigenvalue weighted by atomic mass is 16.1. The van der Waals surface area contributed by atoms with Crippen molar-refractivity contribution in [3.05, 3.63) is 47.2 Å². The van der Waals surface area contributed by atoms with Crippen LogP contribution in [0.3, 0.4) is 0 Å². The maximum atomic E-state index is 11.7. The van der Waals surface area contributed by atoms with Crippen LogP contribution in [0.25, 0.3) is 0 Å². The fourth-order valence-corrected chi connectivity index (χ4v) is 1.21. The first-order chi connectivity index (χ1) is 7.00. The molecule has 0 bridgehead atoms. The Kier molecular flexibility index (Phi) is 3.67. The molecular weight excluding hydrogens is 186 g/mol. The smallest absolute Gasteiger partial charge is 0.187 e. The van der Waals surface area contributed by atoms with E-state index in [1.54, 1.807) is 12.3 Å². The minimum Gasteiger partial charge on any atom is -0.383 e. The van der Waals surface area contributed by atoms with Crippen molar-refractivity contribution in [1.82, 2.24) is 4.90 Å². The van der Waals surface area contributed by atoms with E-state index in [2.05, 4.69) is 0 Å². The van der Waals surface area contributed by atoms with E-state index in [0.717, 1.165) is 11.1 Å². The van der Waals surface area contributed by atoms with Gasteiger partial charge in [0.05, 0.1) is 0 Å². The van der Waals surface area contributed by atoms with E-state index in [1.165, 1.54) is 5.56 Å². The molecule has 2 heteroatoms. The molecule has 0 heterocycles. The molecule has 0 aliphatic carbocycles. The fraction of sp³-hybridized carbons (Fsp3) is 0.308. The van der Waals surface area contributed by atoms with E-state index in [-0.39, 0.29) is 5.78 Å². The molecule has 1 aromatic rings. The summed E-state index contributed by atoms with van der Waals surface area (Å²) in [6.45, 7) is 4.06. The van der Waals surface area contributed by atoms with Gasteiger partial charge in [-0.1, -0.05) is 12.1 Å². The Morgan fingerprint density at radius 2 is 1.87 bits per heavy atom. The molecule has 0 atom stereocenters. The van der Waals surface area contributed by atoms with Crippen LogP contribution < -0.4 is 0 Å². The largest absolute Gasteiger partial charge is 0.383 e. The summed E-state index contributed by atoms with van der Waals surface area (Å²) in [4.78, 5) is 13.5. The van der Waals surface area contributed by atoms with Gasteiger partial charge in [0, 0.05) is 31.9 Å². The molecule has 80 valence electrons. The number of carbonyl (C=O) groups excluding carboxylic acids is 1. The molecule has 0 aromatic heterocycles. The maximum absolute atomic E-state index is 11.7. The molecule has 0 saturated heterocycles. The predicted octanol–water partition coefficient (Wildman–Crippen LogP) is 2.56. The molecule has 0 unspecified atom stereocenters. The zero-order valence-electron chi connectivity index (χ0n) is 9.74. The third-order valence-electron chi connectivity index (χ3n) is 2.32. The monoisotopic (exact) mass is 203 g/mol. The standard InChI is InChI=1S/C13H17NO/c1-10-5-6-12(9-11(10)2)13(15)7-8-14(3)4/h5-9H,1-4H3/b8-7-. The fourth-order valence-electron chi connectivity index (χ4n) is 1.21. The number of nitrogens with zero attached hydrogens (tertiary/aromatic N) is 1. The van der Waals surface area contributed by atoms with Crippen molar-refractivity contribution in [2.24, 2.45) is 0 Å². The van der Waals surface area contributed by atoms with Gasteiger partial charge >= 0.3 is 0 Å². The third-order valence-corrected chi connectivity index (χ3v) is 2.32. The van der Waals surface area contributed by atoms with Gasteiger partial charge in [-0.25, -0.2) is 0 Å². The third kappa shape index (κ3) is 3.24. The highest BCUT2D eigenvalue weighted by molar-refractivity contribution is 6.04. The lowest BCUT2D eigenvalue weighted by Gasteiger charge is -2.04. The van der Waals surface area contributed by atoms with Gasteiger partial charge in [0.15, 0.2) is 5.78 Å². The number of ketones is 1. The van der Waals surface area contributed by atoms with Crippen LogP contribution in [0.4, 0.5) is 0 Å². The minimum atomic E-state index is 0.0480. The molecule has 2 nitrogen and oxygen atoms in total. The van der Waals surface area contributed by atoms with Crippen LogP contribution in [-0.4, -0.2) is 24.8 Å². The van der Waals surface area contributed by atoms with Crippen molar-refractivity contribution in [2.75, 3.05) is 14.1 Å². The van der Waals surface area contributed by atoms with Crippen molar-refractivity contribution in [1.29, 1.82) is 0 Å². The van der Waals surface area contributed by atoms with E-state index in [4.69, 9.17) is 0 Å². The van der Waals surface area contributed by atoms with Crippen molar-refractivity contribution in [3.63, 3.8) is 0 Å². The van der Waals surface area contributed by atoms with Gasteiger partial charge in [0.1, 0.15) is 0 Å². The molecule has 1 rings (SSSR count). The second-order valence-corrected chi connectivity index (χ2v) is 3.94. The molecule has 0 spiro atoms. The summed E-state index contributed by atoms with van der Waals surface area (Å²) >= 11 is 0. The Hall–Kier alpha value is -1.57. The van der Waals surface area contributed by atoms with Gasteiger partial charge < -0.3 is 4.90 Å². The van der Waals surface area contributed by atoms with Gasteiger partial charge in [-0.05, 0) is 31.0 Å². The average Bonchev–Trinajstić information content (AvgIpc) is 2.18. The molecule has 0 fully saturated rings. The number of benzene rings is 1. The lowest BCUT2D eigenvalue weighted by atomic mass is 10.0. The van der Waals surface area contributed by atoms with Gasteiger partial charge in [-0.2, -0.15) is 0 Å². The van der Waals surface area contributed by atoms with Crippen molar-refractivity contribution >= 4 is 5.78 Å². The van der Waals surface area contributed by atoms with E-state index in [9.17, 15) is 4.79 Å². The molecular formula is C13H17NO. The molecule has 0 aliphatic heterocycles. The highest BCUT2D eigenvalue weighted by Gasteiger charge is 2.02. The van der Waals surface area contributed by atoms with Crippen molar-refractivity contribution < 1.29 is 4.79 Å². The van der Waals surface area contributed by atoms with Crippen LogP contribution in [0, 0.1) is 13.8 Å². The summed E-state index contributed by atoms with van der Waals surface area (Å²) in [5, 5.41) is 0. The zero-order valence-corrected chi connectivity index (χ0v) is 9.74. The second kappa shape index (κ2) is 4.78. The summed E-state index contributed by atoms with van der Waals surface area (Å²) in [6.07, 6.45) is 3.35. The summed E-state index contributed by atoms with van der Waals surface area (Å²) in [6, 6.07) is 5.77. The molecule has 0 amide bonds. The molecule has 0 N–H and O–H groups in total. The Bertz CT molecular complexity index is 392. The van der Waals surface area contributed by atoms with Gasteiger partial charge in [-0.15, -0.1) is 0 Å². The molecule has 0 aliphatic rings. The van der Waals surface area contributed by atoms with Crippen LogP contribution in [0.15, 0.2) is 30.5 Å². The van der Waals surface area contributed by atoms with Gasteiger partial charge in [0.2, 0.25) is 0 Å². The zero-order chi connectivity index (χ0) is 11.4. The predicted molar refractivity (Wildman–Crippen MR) is 63.1 cm³/mol. The molecule has 0 saturated carbocycles. The highest BCUT2D eigenvalue weighted by Crippen LogP contribution is 2.10. The van der Waals surface area contributed by atoms with E-state index in [0.29, 0.717) is 0 Å². The summed E-state index contributed by atoms with van der Waals surface area (Å²) in [5.41, 5.74) is 3.11. The van der Waals surface area contributed by atoms with Crippen LogP contribution in [-0.2, 0) is 0 Å². The lowest BCUT2D eigenvalue weighted by molar-refractivity contribution is 0.104. The normalized spacial score (nSPS) is 10.7. The van der Waals surface area contributed by atoms with E-state index < -0.39 is 0 Å². The Morgan fingerprint density at radius 3 is 2.40 bits per heavy atom. The first kappa shape index (κ1) is 11.5. The van der Waals surface area contributed by atoms with Crippen LogP contribution >= 0.6 is 0 Å². The van der Waals surface area contributed by atoms with Gasteiger partial charge in [-0.3, -0.25) is 4.79 Å². The van der Waals surface area contributed by atoms with Crippen LogP contribution in [0.5, 0.6) is 0 Å². The van der Waals surface area contributed by atoms with E-state index in [1.807, 2.05) is 51.0 Å². The Labute approximate surface area is 91.2 Å². The molecule has 1 aromatic carbocycles. The lowest BCUT2D eigenvalue weighted by Crippen LogP contribution is -2.03. The number of allylic oxidation sites excluding steroid dienone is 1. The SMILES string of the molecule is Cc1ccc(C(=O)/C=C\N(C)C)cc1C. The quantitative estimate of drug-likeness (QED) is 0.556. The van der Waals surface area contributed by atoms with Crippen molar-refractivity contribution in [2.45, 2.75) is 13.8 Å². The molecule has 15 heavy (non-hydrogen) atoms. The van der Waals surface area contributed by atoms with Gasteiger partial charge in [0.25, 0.3) is 0 Å². The summed E-state index contributed by atoms with van der Waals surface area (Å²) < 4.78 is 0. The topological polar surface area (TPSA) is 20.3 Å². The summed E-state index contributed by atoms with van der Waals surface area (Å²) in [7, 11) is 3.79. The maximum Gasteiger partial charge on any atom is 0.187 e. The first-order valence-electron chi connectivity index (χ1n) is 4.97. The minimum absolute atomic E-state index is 0.0480. The number of hydrogen-bond acceptors (Lipinski definition) is 2. The number of rotatable bonds is 3. The van der Waals surface area contributed by atoms with E-state index >= 15 is 0 Å². The molecule has 0 radical (unpaired) electrons. The number of aryl methyl sites for hydroxylation is 2. The van der Waals surface area contributed by atoms with Crippen LogP contribution in [0.1, 0.15) is 21.5 Å². The van der Waals surface area contributed by atoms with Crippen LogP contribution in [0.2, 0.25) is 0 Å². The summed E-state index contributed by atoms with van der Waals surface area (Å²) in [5.74, 6) is 0.0480. The number of carbonyl (C=O) groups is 1. The van der Waals surface area contributed by atoms with Crippen molar-refractivity contribution in [3.8, 4) is 0 Å².